The van der Waals surface area contributed by atoms with Crippen LogP contribution in [0.2, 0.25) is 0 Å². The highest BCUT2D eigenvalue weighted by atomic mass is 35.5. The SMILES string of the molecule is Cc1nc2cc(CCl)cc(C)c2nc1C. The molecule has 0 aliphatic rings. The van der Waals surface area contributed by atoms with E-state index in [4.69, 9.17) is 11.6 Å². The lowest BCUT2D eigenvalue weighted by atomic mass is 10.1. The molecule has 0 fully saturated rings. The summed E-state index contributed by atoms with van der Waals surface area (Å²) < 4.78 is 0. The molecule has 0 aliphatic heterocycles. The zero-order chi connectivity index (χ0) is 11.0. The van der Waals surface area contributed by atoms with E-state index in [1.54, 1.807) is 0 Å². The van der Waals surface area contributed by atoms with Crippen molar-refractivity contribution in [2.24, 2.45) is 0 Å². The number of fused-ring (bicyclic) bond motifs is 1. The first-order chi connectivity index (χ1) is 7.11. The van der Waals surface area contributed by atoms with Crippen molar-refractivity contribution in [1.29, 1.82) is 0 Å². The third-order valence-corrected chi connectivity index (χ3v) is 2.89. The molecular formula is C12H13ClN2. The number of alkyl halides is 1. The molecule has 2 aromatic rings. The molecular weight excluding hydrogens is 208 g/mol. The lowest BCUT2D eigenvalue weighted by Gasteiger charge is -2.06. The van der Waals surface area contributed by atoms with Gasteiger partial charge in [-0.3, -0.25) is 0 Å². The first kappa shape index (κ1) is 10.4. The van der Waals surface area contributed by atoms with Gasteiger partial charge < -0.3 is 0 Å². The largest absolute Gasteiger partial charge is 0.250 e. The maximum absolute atomic E-state index is 5.82. The maximum Gasteiger partial charge on any atom is 0.0919 e. The number of halogens is 1. The van der Waals surface area contributed by atoms with Crippen LogP contribution in [0.15, 0.2) is 12.1 Å². The number of benzene rings is 1. The van der Waals surface area contributed by atoms with Crippen LogP contribution in [0.5, 0.6) is 0 Å². The Morgan fingerprint density at radius 1 is 1.07 bits per heavy atom. The Labute approximate surface area is 94.3 Å². The van der Waals surface area contributed by atoms with Crippen LogP contribution in [-0.4, -0.2) is 9.97 Å². The number of aromatic nitrogens is 2. The Morgan fingerprint density at radius 3 is 2.40 bits per heavy atom. The molecule has 0 bridgehead atoms. The second kappa shape index (κ2) is 3.78. The molecule has 0 N–H and O–H groups in total. The van der Waals surface area contributed by atoms with Gasteiger partial charge in [0.1, 0.15) is 0 Å². The highest BCUT2D eigenvalue weighted by Crippen LogP contribution is 2.19. The fourth-order valence-corrected chi connectivity index (χ4v) is 1.81. The zero-order valence-corrected chi connectivity index (χ0v) is 9.89. The summed E-state index contributed by atoms with van der Waals surface area (Å²) in [5, 5.41) is 0. The number of nitrogens with zero attached hydrogens (tertiary/aromatic N) is 2. The van der Waals surface area contributed by atoms with Gasteiger partial charge in [-0.1, -0.05) is 6.07 Å². The van der Waals surface area contributed by atoms with Gasteiger partial charge in [0.2, 0.25) is 0 Å². The topological polar surface area (TPSA) is 25.8 Å². The highest BCUT2D eigenvalue weighted by Gasteiger charge is 2.05. The Bertz CT molecular complexity index is 521. The monoisotopic (exact) mass is 220 g/mol. The summed E-state index contributed by atoms with van der Waals surface area (Å²) >= 11 is 5.82. The van der Waals surface area contributed by atoms with E-state index in [9.17, 15) is 0 Å². The van der Waals surface area contributed by atoms with Crippen LogP contribution in [0.3, 0.4) is 0 Å². The predicted molar refractivity (Wildman–Crippen MR) is 63.3 cm³/mol. The smallest absolute Gasteiger partial charge is 0.0919 e. The molecule has 1 aromatic heterocycles. The van der Waals surface area contributed by atoms with Crippen molar-refractivity contribution in [3.63, 3.8) is 0 Å². The summed E-state index contributed by atoms with van der Waals surface area (Å²) in [4.78, 5) is 9.07. The molecule has 78 valence electrons. The molecule has 0 saturated heterocycles. The standard InChI is InChI=1S/C12H13ClN2/c1-7-4-10(6-13)5-11-12(7)15-9(3)8(2)14-11/h4-5H,6H2,1-3H3. The minimum absolute atomic E-state index is 0.519. The summed E-state index contributed by atoms with van der Waals surface area (Å²) in [7, 11) is 0. The molecule has 15 heavy (non-hydrogen) atoms. The van der Waals surface area contributed by atoms with E-state index < -0.39 is 0 Å². The molecule has 1 heterocycles. The molecule has 0 saturated carbocycles. The van der Waals surface area contributed by atoms with E-state index in [1.165, 1.54) is 0 Å². The first-order valence-corrected chi connectivity index (χ1v) is 5.45. The van der Waals surface area contributed by atoms with E-state index in [2.05, 4.69) is 16.0 Å². The van der Waals surface area contributed by atoms with Gasteiger partial charge in [0.25, 0.3) is 0 Å². The van der Waals surface area contributed by atoms with E-state index >= 15 is 0 Å². The molecule has 3 heteroatoms. The quantitative estimate of drug-likeness (QED) is 0.690. The second-order valence-electron chi connectivity index (χ2n) is 3.81. The number of hydrogen-bond donors (Lipinski definition) is 0. The molecule has 0 spiro atoms. The van der Waals surface area contributed by atoms with Gasteiger partial charge in [-0.2, -0.15) is 0 Å². The molecule has 0 amide bonds. The van der Waals surface area contributed by atoms with E-state index in [0.29, 0.717) is 5.88 Å². The van der Waals surface area contributed by atoms with Gasteiger partial charge >= 0.3 is 0 Å². The Hall–Kier alpha value is -1.15. The molecule has 1 aromatic carbocycles. The zero-order valence-electron chi connectivity index (χ0n) is 9.13. The summed E-state index contributed by atoms with van der Waals surface area (Å²) in [6.45, 7) is 6.00. The summed E-state index contributed by atoms with van der Waals surface area (Å²) in [5.74, 6) is 0.519. The van der Waals surface area contributed by atoms with E-state index in [-0.39, 0.29) is 0 Å². The van der Waals surface area contributed by atoms with Gasteiger partial charge in [0, 0.05) is 5.88 Å². The minimum Gasteiger partial charge on any atom is -0.250 e. The van der Waals surface area contributed by atoms with Crippen LogP contribution in [0.4, 0.5) is 0 Å². The highest BCUT2D eigenvalue weighted by molar-refractivity contribution is 6.17. The summed E-state index contributed by atoms with van der Waals surface area (Å²) in [6.07, 6.45) is 0. The van der Waals surface area contributed by atoms with Crippen molar-refractivity contribution < 1.29 is 0 Å². The number of rotatable bonds is 1. The minimum atomic E-state index is 0.519. The van der Waals surface area contributed by atoms with Gasteiger partial charge in [0.05, 0.1) is 22.4 Å². The van der Waals surface area contributed by atoms with E-state index in [1.807, 2.05) is 26.8 Å². The van der Waals surface area contributed by atoms with Crippen LogP contribution < -0.4 is 0 Å². The molecule has 0 unspecified atom stereocenters. The molecule has 0 radical (unpaired) electrons. The van der Waals surface area contributed by atoms with Gasteiger partial charge in [0.15, 0.2) is 0 Å². The van der Waals surface area contributed by atoms with Crippen LogP contribution in [0.25, 0.3) is 11.0 Å². The van der Waals surface area contributed by atoms with Crippen molar-refractivity contribution in [2.75, 3.05) is 0 Å². The Balaban J connectivity index is 2.80. The van der Waals surface area contributed by atoms with Crippen molar-refractivity contribution >= 4 is 22.6 Å². The van der Waals surface area contributed by atoms with Crippen LogP contribution in [0, 0.1) is 20.8 Å². The van der Waals surface area contributed by atoms with Crippen molar-refractivity contribution in [1.82, 2.24) is 9.97 Å². The predicted octanol–water partition coefficient (Wildman–Crippen LogP) is 3.29. The third-order valence-electron chi connectivity index (χ3n) is 2.59. The summed E-state index contributed by atoms with van der Waals surface area (Å²) in [5.41, 5.74) is 6.12. The molecule has 2 rings (SSSR count). The lowest BCUT2D eigenvalue weighted by molar-refractivity contribution is 1.09. The molecule has 0 atom stereocenters. The molecule has 0 aliphatic carbocycles. The lowest BCUT2D eigenvalue weighted by Crippen LogP contribution is -1.96. The summed E-state index contributed by atoms with van der Waals surface area (Å²) in [6, 6.07) is 4.08. The number of hydrogen-bond acceptors (Lipinski definition) is 2. The van der Waals surface area contributed by atoms with Gasteiger partial charge in [-0.25, -0.2) is 9.97 Å². The Kier molecular flexibility index (Phi) is 2.61. The van der Waals surface area contributed by atoms with Crippen molar-refractivity contribution in [3.8, 4) is 0 Å². The second-order valence-corrected chi connectivity index (χ2v) is 4.08. The average Bonchev–Trinajstić information content (AvgIpc) is 2.21. The van der Waals surface area contributed by atoms with Crippen molar-refractivity contribution in [2.45, 2.75) is 26.7 Å². The maximum atomic E-state index is 5.82. The van der Waals surface area contributed by atoms with Crippen LogP contribution >= 0.6 is 11.6 Å². The number of aryl methyl sites for hydroxylation is 3. The third kappa shape index (κ3) is 1.82. The first-order valence-electron chi connectivity index (χ1n) is 4.92. The molecule has 2 nitrogen and oxygen atoms in total. The van der Waals surface area contributed by atoms with Crippen LogP contribution in [0.1, 0.15) is 22.5 Å². The average molecular weight is 221 g/mol. The normalized spacial score (nSPS) is 10.9. The van der Waals surface area contributed by atoms with Crippen molar-refractivity contribution in [3.05, 3.63) is 34.6 Å². The fraction of sp³-hybridized carbons (Fsp3) is 0.333. The van der Waals surface area contributed by atoms with E-state index in [0.717, 1.165) is 33.5 Å². The Morgan fingerprint density at radius 2 is 1.73 bits per heavy atom. The van der Waals surface area contributed by atoms with Gasteiger partial charge in [-0.05, 0) is 38.0 Å². The van der Waals surface area contributed by atoms with Crippen LogP contribution in [-0.2, 0) is 5.88 Å². The fourth-order valence-electron chi connectivity index (χ4n) is 1.65. The van der Waals surface area contributed by atoms with Gasteiger partial charge in [-0.15, -0.1) is 11.6 Å².